The molecule has 5 nitrogen and oxygen atoms in total. The summed E-state index contributed by atoms with van der Waals surface area (Å²) in [5.74, 6) is 0. The van der Waals surface area contributed by atoms with Crippen molar-refractivity contribution in [1.82, 2.24) is 4.90 Å². The van der Waals surface area contributed by atoms with Gasteiger partial charge < -0.3 is 24.2 Å². The summed E-state index contributed by atoms with van der Waals surface area (Å²) in [5, 5.41) is 8.42. The van der Waals surface area contributed by atoms with Crippen molar-refractivity contribution in [3.63, 3.8) is 0 Å². The molecule has 0 aromatic carbocycles. The fourth-order valence-corrected chi connectivity index (χ4v) is 0.854. The SMILES string of the molecule is CN(C)CCOCCOCCOCCO. The summed E-state index contributed by atoms with van der Waals surface area (Å²) in [6.07, 6.45) is 0. The zero-order valence-corrected chi connectivity index (χ0v) is 9.78. The van der Waals surface area contributed by atoms with Gasteiger partial charge in [-0.2, -0.15) is 0 Å². The van der Waals surface area contributed by atoms with E-state index < -0.39 is 0 Å². The third-order valence-electron chi connectivity index (χ3n) is 1.66. The van der Waals surface area contributed by atoms with E-state index in [9.17, 15) is 0 Å². The van der Waals surface area contributed by atoms with Gasteiger partial charge in [-0.3, -0.25) is 0 Å². The van der Waals surface area contributed by atoms with E-state index >= 15 is 0 Å². The Morgan fingerprint density at radius 2 is 1.27 bits per heavy atom. The Hall–Kier alpha value is -0.200. The number of nitrogens with zero attached hydrogens (tertiary/aromatic N) is 1. The molecule has 92 valence electrons. The van der Waals surface area contributed by atoms with Crippen molar-refractivity contribution >= 4 is 0 Å². The quantitative estimate of drug-likeness (QED) is 0.481. The molecule has 0 radical (unpaired) electrons. The first-order chi connectivity index (χ1) is 7.27. The smallest absolute Gasteiger partial charge is 0.0701 e. The predicted molar refractivity (Wildman–Crippen MR) is 58.1 cm³/mol. The highest BCUT2D eigenvalue weighted by Crippen LogP contribution is 1.82. The van der Waals surface area contributed by atoms with Gasteiger partial charge in [0.1, 0.15) is 0 Å². The summed E-state index contributed by atoms with van der Waals surface area (Å²) in [4.78, 5) is 2.07. The Labute approximate surface area is 91.9 Å². The minimum absolute atomic E-state index is 0.0631. The van der Waals surface area contributed by atoms with Gasteiger partial charge in [-0.1, -0.05) is 0 Å². The van der Waals surface area contributed by atoms with Gasteiger partial charge in [-0.15, -0.1) is 0 Å². The molecule has 0 unspecified atom stereocenters. The minimum Gasteiger partial charge on any atom is -0.394 e. The summed E-state index contributed by atoms with van der Waals surface area (Å²) in [6.45, 7) is 4.40. The molecule has 0 aliphatic heterocycles. The first-order valence-corrected chi connectivity index (χ1v) is 5.26. The van der Waals surface area contributed by atoms with E-state index in [2.05, 4.69) is 4.90 Å². The second kappa shape index (κ2) is 11.9. The maximum absolute atomic E-state index is 8.42. The van der Waals surface area contributed by atoms with Crippen LogP contribution in [0.3, 0.4) is 0 Å². The Bertz CT molecular complexity index is 122. The van der Waals surface area contributed by atoms with E-state index in [0.29, 0.717) is 33.0 Å². The molecule has 0 aliphatic rings. The number of likely N-dealkylation sites (N-methyl/N-ethyl adjacent to an activating group) is 1. The fourth-order valence-electron chi connectivity index (χ4n) is 0.854. The maximum Gasteiger partial charge on any atom is 0.0701 e. The summed E-state index contributed by atoms with van der Waals surface area (Å²) in [6, 6.07) is 0. The highest BCUT2D eigenvalue weighted by atomic mass is 16.5. The Morgan fingerprint density at radius 1 is 0.800 bits per heavy atom. The zero-order chi connectivity index (χ0) is 11.4. The van der Waals surface area contributed by atoms with Crippen LogP contribution in [0.4, 0.5) is 0 Å². The van der Waals surface area contributed by atoms with Crippen LogP contribution in [0.25, 0.3) is 0 Å². The molecule has 0 aromatic heterocycles. The molecular formula is C10H23NO4. The maximum atomic E-state index is 8.42. The van der Waals surface area contributed by atoms with E-state index in [1.54, 1.807) is 0 Å². The molecule has 1 N–H and O–H groups in total. The average molecular weight is 221 g/mol. The molecule has 0 heterocycles. The first kappa shape index (κ1) is 14.8. The molecule has 0 atom stereocenters. The van der Waals surface area contributed by atoms with E-state index in [-0.39, 0.29) is 6.61 Å². The van der Waals surface area contributed by atoms with Crippen molar-refractivity contribution in [2.75, 3.05) is 66.9 Å². The standard InChI is InChI=1S/C10H23NO4/c1-11(2)3-5-13-7-9-15-10-8-14-6-4-12/h12H,3-10H2,1-2H3. The average Bonchev–Trinajstić information content (AvgIpc) is 2.20. The lowest BCUT2D eigenvalue weighted by Gasteiger charge is -2.10. The zero-order valence-electron chi connectivity index (χ0n) is 9.78. The lowest BCUT2D eigenvalue weighted by molar-refractivity contribution is 0.00602. The second-order valence-electron chi connectivity index (χ2n) is 3.36. The van der Waals surface area contributed by atoms with Gasteiger partial charge in [0.05, 0.1) is 46.2 Å². The lowest BCUT2D eigenvalue weighted by Crippen LogP contribution is -2.19. The van der Waals surface area contributed by atoms with E-state index in [1.807, 2.05) is 14.1 Å². The molecule has 5 heteroatoms. The number of aliphatic hydroxyl groups excluding tert-OH is 1. The van der Waals surface area contributed by atoms with Crippen LogP contribution >= 0.6 is 0 Å². The normalized spacial score (nSPS) is 11.2. The summed E-state index contributed by atoms with van der Waals surface area (Å²) < 4.78 is 15.6. The number of aliphatic hydroxyl groups is 1. The molecule has 15 heavy (non-hydrogen) atoms. The molecule has 0 bridgehead atoms. The van der Waals surface area contributed by atoms with Gasteiger partial charge >= 0.3 is 0 Å². The first-order valence-electron chi connectivity index (χ1n) is 5.26. The van der Waals surface area contributed by atoms with Crippen molar-refractivity contribution in [1.29, 1.82) is 0 Å². The molecule has 0 fully saturated rings. The van der Waals surface area contributed by atoms with Crippen LogP contribution in [0.5, 0.6) is 0 Å². The number of rotatable bonds is 11. The molecule has 0 rings (SSSR count). The summed E-state index contributed by atoms with van der Waals surface area (Å²) in [7, 11) is 4.02. The van der Waals surface area contributed by atoms with Crippen LogP contribution in [-0.2, 0) is 14.2 Å². The van der Waals surface area contributed by atoms with Crippen LogP contribution in [0.1, 0.15) is 0 Å². The van der Waals surface area contributed by atoms with Gasteiger partial charge in [0.2, 0.25) is 0 Å². The van der Waals surface area contributed by atoms with Gasteiger partial charge in [0.15, 0.2) is 0 Å². The number of ether oxygens (including phenoxy) is 3. The largest absolute Gasteiger partial charge is 0.394 e. The van der Waals surface area contributed by atoms with Crippen molar-refractivity contribution in [2.24, 2.45) is 0 Å². The third kappa shape index (κ3) is 13.8. The molecule has 0 aliphatic carbocycles. The number of hydrogen-bond donors (Lipinski definition) is 1. The van der Waals surface area contributed by atoms with Crippen molar-refractivity contribution in [3.8, 4) is 0 Å². The summed E-state index contributed by atoms with van der Waals surface area (Å²) in [5.41, 5.74) is 0. The second-order valence-corrected chi connectivity index (χ2v) is 3.36. The van der Waals surface area contributed by atoms with Crippen LogP contribution in [0, 0.1) is 0 Å². The van der Waals surface area contributed by atoms with E-state index in [0.717, 1.165) is 13.2 Å². The van der Waals surface area contributed by atoms with Crippen LogP contribution < -0.4 is 0 Å². The van der Waals surface area contributed by atoms with Crippen molar-refractivity contribution < 1.29 is 19.3 Å². The van der Waals surface area contributed by atoms with Gasteiger partial charge in [-0.05, 0) is 14.1 Å². The summed E-state index contributed by atoms with van der Waals surface area (Å²) >= 11 is 0. The monoisotopic (exact) mass is 221 g/mol. The molecular weight excluding hydrogens is 198 g/mol. The van der Waals surface area contributed by atoms with Gasteiger partial charge in [-0.25, -0.2) is 0 Å². The Morgan fingerprint density at radius 3 is 1.73 bits per heavy atom. The van der Waals surface area contributed by atoms with E-state index in [1.165, 1.54) is 0 Å². The van der Waals surface area contributed by atoms with E-state index in [4.69, 9.17) is 19.3 Å². The molecule has 0 aromatic rings. The Kier molecular flexibility index (Phi) is 11.7. The van der Waals surface area contributed by atoms with Crippen LogP contribution in [0.2, 0.25) is 0 Å². The highest BCUT2D eigenvalue weighted by Gasteiger charge is 1.92. The molecule has 0 spiro atoms. The predicted octanol–water partition coefficient (Wildman–Crippen LogP) is -0.410. The van der Waals surface area contributed by atoms with Gasteiger partial charge in [0, 0.05) is 6.54 Å². The van der Waals surface area contributed by atoms with Crippen molar-refractivity contribution in [2.45, 2.75) is 0 Å². The molecule has 0 saturated carbocycles. The van der Waals surface area contributed by atoms with Crippen LogP contribution in [0.15, 0.2) is 0 Å². The minimum atomic E-state index is 0.0631. The Balaban J connectivity index is 2.87. The molecule has 0 saturated heterocycles. The van der Waals surface area contributed by atoms with Crippen LogP contribution in [-0.4, -0.2) is 76.9 Å². The van der Waals surface area contributed by atoms with Gasteiger partial charge in [0.25, 0.3) is 0 Å². The lowest BCUT2D eigenvalue weighted by atomic mass is 10.6. The fraction of sp³-hybridized carbons (Fsp3) is 1.00. The molecule has 0 amide bonds. The topological polar surface area (TPSA) is 51.2 Å². The van der Waals surface area contributed by atoms with Crippen molar-refractivity contribution in [3.05, 3.63) is 0 Å². The third-order valence-corrected chi connectivity index (χ3v) is 1.66. The highest BCUT2D eigenvalue weighted by molar-refractivity contribution is 4.40. The number of hydrogen-bond acceptors (Lipinski definition) is 5.